The quantitative estimate of drug-likeness (QED) is 0.609. The van der Waals surface area contributed by atoms with Gasteiger partial charge >= 0.3 is 5.97 Å². The van der Waals surface area contributed by atoms with Crippen molar-refractivity contribution in [3.63, 3.8) is 0 Å². The number of fused-ring (bicyclic) bond motifs is 1. The highest BCUT2D eigenvalue weighted by Crippen LogP contribution is 2.28. The van der Waals surface area contributed by atoms with Gasteiger partial charge in [0, 0.05) is 11.3 Å². The number of ether oxygens (including phenoxy) is 1. The molecule has 0 fully saturated rings. The molecule has 30 heavy (non-hydrogen) atoms. The molecule has 2 aromatic carbocycles. The molecule has 9 heteroatoms. The Morgan fingerprint density at radius 2 is 1.87 bits per heavy atom. The zero-order valence-electron chi connectivity index (χ0n) is 16.2. The van der Waals surface area contributed by atoms with Gasteiger partial charge < -0.3 is 10.1 Å². The van der Waals surface area contributed by atoms with Gasteiger partial charge in [0.25, 0.3) is 5.91 Å². The van der Waals surface area contributed by atoms with Crippen molar-refractivity contribution >= 4 is 29.4 Å². The SMILES string of the molecule is CCOC(=O)c1ccc(NC(=O)CC2C(=O)Nc3nc(-c4ccccc4)nn32)cc1. The van der Waals surface area contributed by atoms with E-state index in [1.807, 2.05) is 30.3 Å². The van der Waals surface area contributed by atoms with Crippen LogP contribution in [-0.2, 0) is 14.3 Å². The van der Waals surface area contributed by atoms with Gasteiger partial charge in [0.1, 0.15) is 6.04 Å². The van der Waals surface area contributed by atoms with Crippen LogP contribution in [0.5, 0.6) is 0 Å². The van der Waals surface area contributed by atoms with Crippen molar-refractivity contribution in [2.75, 3.05) is 17.2 Å². The Morgan fingerprint density at radius 3 is 2.57 bits per heavy atom. The van der Waals surface area contributed by atoms with Gasteiger partial charge in [-0.3, -0.25) is 14.9 Å². The average Bonchev–Trinajstić information content (AvgIpc) is 3.28. The number of aromatic nitrogens is 3. The van der Waals surface area contributed by atoms with Gasteiger partial charge in [-0.05, 0) is 31.2 Å². The Bertz CT molecular complexity index is 1090. The number of anilines is 2. The molecular formula is C21H19N5O4. The van der Waals surface area contributed by atoms with E-state index >= 15 is 0 Å². The minimum atomic E-state index is -0.788. The van der Waals surface area contributed by atoms with Gasteiger partial charge in [-0.15, -0.1) is 5.10 Å². The summed E-state index contributed by atoms with van der Waals surface area (Å²) in [5, 5.41) is 9.77. The summed E-state index contributed by atoms with van der Waals surface area (Å²) in [6.07, 6.45) is -0.101. The lowest BCUT2D eigenvalue weighted by atomic mass is 10.1. The zero-order chi connectivity index (χ0) is 21.1. The summed E-state index contributed by atoms with van der Waals surface area (Å²) in [7, 11) is 0. The number of carbonyl (C=O) groups excluding carboxylic acids is 3. The topological polar surface area (TPSA) is 115 Å². The van der Waals surface area contributed by atoms with E-state index in [4.69, 9.17) is 4.74 Å². The molecule has 0 radical (unpaired) electrons. The van der Waals surface area contributed by atoms with Crippen LogP contribution in [0.15, 0.2) is 54.6 Å². The maximum atomic E-state index is 12.5. The third kappa shape index (κ3) is 3.90. The van der Waals surface area contributed by atoms with E-state index in [9.17, 15) is 14.4 Å². The van der Waals surface area contributed by atoms with Crippen LogP contribution < -0.4 is 10.6 Å². The molecule has 0 spiro atoms. The third-order valence-corrected chi connectivity index (χ3v) is 4.55. The lowest BCUT2D eigenvalue weighted by molar-refractivity contribution is -0.123. The van der Waals surface area contributed by atoms with Crippen molar-refractivity contribution in [3.8, 4) is 11.4 Å². The smallest absolute Gasteiger partial charge is 0.338 e. The standard InChI is InChI=1S/C21H19N5O4/c1-2-30-20(29)14-8-10-15(11-9-14)22-17(27)12-16-19(28)24-21-23-18(25-26(16)21)13-6-4-3-5-7-13/h3-11,16H,2,12H2,1H3,(H,22,27)(H,23,24,25,28). The number of esters is 1. The Morgan fingerprint density at radius 1 is 1.13 bits per heavy atom. The Labute approximate surface area is 172 Å². The molecule has 0 aliphatic carbocycles. The third-order valence-electron chi connectivity index (χ3n) is 4.55. The van der Waals surface area contributed by atoms with E-state index < -0.39 is 12.0 Å². The highest BCUT2D eigenvalue weighted by atomic mass is 16.5. The number of hydrogen-bond donors (Lipinski definition) is 2. The molecule has 0 saturated carbocycles. The molecule has 2 heterocycles. The number of rotatable bonds is 6. The second-order valence-electron chi connectivity index (χ2n) is 6.62. The van der Waals surface area contributed by atoms with Gasteiger partial charge in [0.15, 0.2) is 5.82 Å². The van der Waals surface area contributed by atoms with E-state index in [1.54, 1.807) is 31.2 Å². The van der Waals surface area contributed by atoms with Gasteiger partial charge in [0.2, 0.25) is 11.9 Å². The molecule has 4 rings (SSSR count). The second-order valence-corrected chi connectivity index (χ2v) is 6.62. The van der Waals surface area contributed by atoms with Crippen LogP contribution in [-0.4, -0.2) is 39.2 Å². The second kappa shape index (κ2) is 8.16. The van der Waals surface area contributed by atoms with Gasteiger partial charge in [0.05, 0.1) is 18.6 Å². The minimum Gasteiger partial charge on any atom is -0.462 e. The molecule has 2 N–H and O–H groups in total. The highest BCUT2D eigenvalue weighted by Gasteiger charge is 2.35. The first-order chi connectivity index (χ1) is 14.5. The predicted molar refractivity (Wildman–Crippen MR) is 109 cm³/mol. The fraction of sp³-hybridized carbons (Fsp3) is 0.190. The number of nitrogens with zero attached hydrogens (tertiary/aromatic N) is 3. The lowest BCUT2D eigenvalue weighted by Crippen LogP contribution is -2.23. The molecule has 0 saturated heterocycles. The molecule has 1 unspecified atom stereocenters. The van der Waals surface area contributed by atoms with Crippen LogP contribution in [0.25, 0.3) is 11.4 Å². The Balaban J connectivity index is 1.43. The molecule has 0 bridgehead atoms. The van der Waals surface area contributed by atoms with Crippen LogP contribution in [0.3, 0.4) is 0 Å². The number of hydrogen-bond acceptors (Lipinski definition) is 6. The highest BCUT2D eigenvalue weighted by molar-refractivity contribution is 6.01. The molecule has 1 aromatic heterocycles. The van der Waals surface area contributed by atoms with E-state index in [1.165, 1.54) is 4.68 Å². The van der Waals surface area contributed by atoms with Crippen molar-refractivity contribution < 1.29 is 19.1 Å². The summed E-state index contributed by atoms with van der Waals surface area (Å²) in [5.74, 6) is -0.326. The summed E-state index contributed by atoms with van der Waals surface area (Å²) in [4.78, 5) is 40.8. The van der Waals surface area contributed by atoms with Crippen LogP contribution in [0.1, 0.15) is 29.7 Å². The lowest BCUT2D eigenvalue weighted by Gasteiger charge is -2.10. The molecule has 152 valence electrons. The van der Waals surface area contributed by atoms with Crippen molar-refractivity contribution in [3.05, 3.63) is 60.2 Å². The number of carbonyl (C=O) groups is 3. The summed E-state index contributed by atoms with van der Waals surface area (Å²) in [6, 6.07) is 14.9. The fourth-order valence-electron chi connectivity index (χ4n) is 3.11. The zero-order valence-corrected chi connectivity index (χ0v) is 16.2. The normalized spacial score (nSPS) is 14.7. The Kier molecular flexibility index (Phi) is 5.25. The van der Waals surface area contributed by atoms with Gasteiger partial charge in [-0.2, -0.15) is 4.98 Å². The first kappa shape index (κ1) is 19.3. The van der Waals surface area contributed by atoms with E-state index in [0.717, 1.165) is 5.56 Å². The predicted octanol–water partition coefficient (Wildman–Crippen LogP) is 2.64. The molecule has 3 aromatic rings. The largest absolute Gasteiger partial charge is 0.462 e. The first-order valence-electron chi connectivity index (χ1n) is 9.45. The van der Waals surface area contributed by atoms with E-state index in [2.05, 4.69) is 20.7 Å². The fourth-order valence-corrected chi connectivity index (χ4v) is 3.11. The van der Waals surface area contributed by atoms with Crippen molar-refractivity contribution in [2.45, 2.75) is 19.4 Å². The van der Waals surface area contributed by atoms with Crippen LogP contribution >= 0.6 is 0 Å². The van der Waals surface area contributed by atoms with Gasteiger partial charge in [-0.1, -0.05) is 30.3 Å². The van der Waals surface area contributed by atoms with Crippen molar-refractivity contribution in [2.24, 2.45) is 0 Å². The van der Waals surface area contributed by atoms with E-state index in [0.29, 0.717) is 23.0 Å². The van der Waals surface area contributed by atoms with Crippen LogP contribution in [0.2, 0.25) is 0 Å². The monoisotopic (exact) mass is 405 g/mol. The van der Waals surface area contributed by atoms with Crippen LogP contribution in [0.4, 0.5) is 11.6 Å². The average molecular weight is 405 g/mol. The van der Waals surface area contributed by atoms with Gasteiger partial charge in [-0.25, -0.2) is 9.48 Å². The molecule has 1 atom stereocenters. The summed E-state index contributed by atoms with van der Waals surface area (Å²) >= 11 is 0. The molecule has 9 nitrogen and oxygen atoms in total. The number of amides is 2. The van der Waals surface area contributed by atoms with Crippen LogP contribution in [0, 0.1) is 0 Å². The maximum Gasteiger partial charge on any atom is 0.338 e. The van der Waals surface area contributed by atoms with E-state index in [-0.39, 0.29) is 24.8 Å². The van der Waals surface area contributed by atoms with Crippen molar-refractivity contribution in [1.82, 2.24) is 14.8 Å². The molecule has 2 amide bonds. The molecule has 1 aliphatic rings. The number of benzene rings is 2. The number of nitrogens with one attached hydrogen (secondary N) is 2. The summed E-state index contributed by atoms with van der Waals surface area (Å²) in [6.45, 7) is 2.02. The maximum absolute atomic E-state index is 12.5. The molecule has 1 aliphatic heterocycles. The molecular weight excluding hydrogens is 386 g/mol. The minimum absolute atomic E-state index is 0.101. The van der Waals surface area contributed by atoms with Crippen molar-refractivity contribution in [1.29, 1.82) is 0 Å². The first-order valence-corrected chi connectivity index (χ1v) is 9.45. The summed E-state index contributed by atoms with van der Waals surface area (Å²) < 4.78 is 6.37. The summed E-state index contributed by atoms with van der Waals surface area (Å²) in [5.41, 5.74) is 1.72. The Hall–Kier alpha value is -4.01.